The third-order valence-corrected chi connectivity index (χ3v) is 2.62. The summed E-state index contributed by atoms with van der Waals surface area (Å²) in [5.41, 5.74) is -1.63. The zero-order chi connectivity index (χ0) is 16.2. The minimum atomic E-state index is -1.40. The first-order valence-corrected chi connectivity index (χ1v) is 6.28. The minimum absolute atomic E-state index is 0.0952. The summed E-state index contributed by atoms with van der Waals surface area (Å²) in [7, 11) is 0. The molecule has 1 aromatic carbocycles. The van der Waals surface area contributed by atoms with E-state index in [2.05, 4.69) is 0 Å². The van der Waals surface area contributed by atoms with E-state index in [9.17, 15) is 25.3 Å². The quantitative estimate of drug-likeness (QED) is 0.605. The van der Waals surface area contributed by atoms with Gasteiger partial charge in [0.15, 0.2) is 5.75 Å². The second-order valence-corrected chi connectivity index (χ2v) is 4.04. The van der Waals surface area contributed by atoms with Crippen LogP contribution in [0.4, 0.5) is 11.4 Å². The standard InChI is InChI=1S/C12H16N2O7/c1-4-20-9-6-8(13(16)17)10(7(3)15)11(14(18)19)12(9)21-5-2/h6-7,15H,4-5H2,1-3H3. The van der Waals surface area contributed by atoms with Crippen molar-refractivity contribution >= 4 is 11.4 Å². The van der Waals surface area contributed by atoms with Crippen LogP contribution in [0.3, 0.4) is 0 Å². The van der Waals surface area contributed by atoms with Crippen LogP contribution in [0, 0.1) is 20.2 Å². The topological polar surface area (TPSA) is 125 Å². The zero-order valence-electron chi connectivity index (χ0n) is 11.9. The average molecular weight is 300 g/mol. The van der Waals surface area contributed by atoms with Crippen molar-refractivity contribution in [1.29, 1.82) is 0 Å². The molecule has 0 radical (unpaired) electrons. The van der Waals surface area contributed by atoms with Crippen LogP contribution in [0.15, 0.2) is 6.07 Å². The normalized spacial score (nSPS) is 11.8. The number of hydrogen-bond donors (Lipinski definition) is 1. The molecule has 0 saturated carbocycles. The molecule has 1 rings (SSSR count). The molecular weight excluding hydrogens is 284 g/mol. The Hall–Kier alpha value is -2.42. The third-order valence-electron chi connectivity index (χ3n) is 2.62. The van der Waals surface area contributed by atoms with Crippen molar-refractivity contribution in [3.05, 3.63) is 31.9 Å². The smallest absolute Gasteiger partial charge is 0.327 e. The molecule has 1 aromatic rings. The van der Waals surface area contributed by atoms with E-state index < -0.39 is 32.9 Å². The van der Waals surface area contributed by atoms with E-state index in [1.54, 1.807) is 13.8 Å². The van der Waals surface area contributed by atoms with Gasteiger partial charge in [-0.3, -0.25) is 20.2 Å². The third kappa shape index (κ3) is 3.37. The molecule has 1 atom stereocenters. The maximum Gasteiger partial charge on any atom is 0.327 e. The largest absolute Gasteiger partial charge is 0.489 e. The summed E-state index contributed by atoms with van der Waals surface area (Å²) in [6.45, 7) is 4.73. The number of ether oxygens (including phenoxy) is 2. The fourth-order valence-electron chi connectivity index (χ4n) is 1.92. The Balaban J connectivity index is 3.79. The maximum atomic E-state index is 11.3. The summed E-state index contributed by atoms with van der Waals surface area (Å²) in [6, 6.07) is 1.03. The summed E-state index contributed by atoms with van der Waals surface area (Å²) >= 11 is 0. The monoisotopic (exact) mass is 300 g/mol. The van der Waals surface area contributed by atoms with Crippen LogP contribution >= 0.6 is 0 Å². The second kappa shape index (κ2) is 6.84. The van der Waals surface area contributed by atoms with Crippen molar-refractivity contribution in [3.63, 3.8) is 0 Å². The first-order valence-electron chi connectivity index (χ1n) is 6.28. The fraction of sp³-hybridized carbons (Fsp3) is 0.500. The van der Waals surface area contributed by atoms with Gasteiger partial charge in [-0.05, 0) is 20.8 Å². The van der Waals surface area contributed by atoms with Crippen molar-refractivity contribution in [2.75, 3.05) is 13.2 Å². The van der Waals surface area contributed by atoms with Crippen LogP contribution < -0.4 is 9.47 Å². The van der Waals surface area contributed by atoms with Gasteiger partial charge in [0, 0.05) is 0 Å². The SMILES string of the molecule is CCOc1cc([N+](=O)[O-])c(C(C)O)c([N+](=O)[O-])c1OCC. The van der Waals surface area contributed by atoms with Gasteiger partial charge in [-0.2, -0.15) is 0 Å². The van der Waals surface area contributed by atoms with Crippen molar-refractivity contribution in [2.45, 2.75) is 26.9 Å². The Morgan fingerprint density at radius 3 is 2.14 bits per heavy atom. The van der Waals surface area contributed by atoms with Gasteiger partial charge in [0.25, 0.3) is 5.69 Å². The Morgan fingerprint density at radius 1 is 1.19 bits per heavy atom. The van der Waals surface area contributed by atoms with E-state index in [0.29, 0.717) is 0 Å². The van der Waals surface area contributed by atoms with E-state index in [4.69, 9.17) is 9.47 Å². The number of aliphatic hydroxyl groups is 1. The van der Waals surface area contributed by atoms with Gasteiger partial charge in [-0.15, -0.1) is 0 Å². The van der Waals surface area contributed by atoms with Crippen LogP contribution in [0.1, 0.15) is 32.4 Å². The lowest BCUT2D eigenvalue weighted by Gasteiger charge is -2.15. The van der Waals surface area contributed by atoms with E-state index in [1.165, 1.54) is 6.92 Å². The first-order chi connectivity index (χ1) is 9.84. The molecule has 1 N–H and O–H groups in total. The first kappa shape index (κ1) is 16.6. The molecule has 0 amide bonds. The van der Waals surface area contributed by atoms with Gasteiger partial charge in [0.2, 0.25) is 5.75 Å². The highest BCUT2D eigenvalue weighted by atomic mass is 16.6. The lowest BCUT2D eigenvalue weighted by atomic mass is 10.0. The molecule has 0 bridgehead atoms. The highest BCUT2D eigenvalue weighted by molar-refractivity contribution is 5.69. The number of nitro benzene ring substituents is 2. The summed E-state index contributed by atoms with van der Waals surface area (Å²) in [4.78, 5) is 20.8. The molecule has 0 aliphatic heterocycles. The molecule has 0 fully saturated rings. The van der Waals surface area contributed by atoms with Gasteiger partial charge in [0.05, 0.1) is 35.2 Å². The number of benzene rings is 1. The molecule has 1 unspecified atom stereocenters. The van der Waals surface area contributed by atoms with Crippen LogP contribution in [0.25, 0.3) is 0 Å². The molecule has 116 valence electrons. The second-order valence-electron chi connectivity index (χ2n) is 4.04. The summed E-state index contributed by atoms with van der Waals surface area (Å²) < 4.78 is 10.4. The van der Waals surface area contributed by atoms with Crippen LogP contribution in [-0.2, 0) is 0 Å². The molecule has 9 nitrogen and oxygen atoms in total. The summed E-state index contributed by atoms with van der Waals surface area (Å²) in [6.07, 6.45) is -1.40. The van der Waals surface area contributed by atoms with E-state index in [0.717, 1.165) is 6.07 Å². The van der Waals surface area contributed by atoms with Gasteiger partial charge in [-0.25, -0.2) is 0 Å². The number of nitro groups is 2. The van der Waals surface area contributed by atoms with E-state index >= 15 is 0 Å². The number of hydrogen-bond acceptors (Lipinski definition) is 7. The van der Waals surface area contributed by atoms with Crippen LogP contribution in [0.2, 0.25) is 0 Å². The lowest BCUT2D eigenvalue weighted by Crippen LogP contribution is -2.09. The molecule has 0 aromatic heterocycles. The highest BCUT2D eigenvalue weighted by Crippen LogP contribution is 2.47. The summed E-state index contributed by atoms with van der Waals surface area (Å²) in [5, 5.41) is 32.1. The molecule has 0 spiro atoms. The van der Waals surface area contributed by atoms with Crippen molar-refractivity contribution < 1.29 is 24.4 Å². The number of nitrogens with zero attached hydrogens (tertiary/aromatic N) is 2. The molecule has 0 aliphatic rings. The average Bonchev–Trinajstić information content (AvgIpc) is 2.39. The highest BCUT2D eigenvalue weighted by Gasteiger charge is 2.36. The van der Waals surface area contributed by atoms with E-state index in [-0.39, 0.29) is 24.7 Å². The molecule has 21 heavy (non-hydrogen) atoms. The Morgan fingerprint density at radius 2 is 1.76 bits per heavy atom. The summed E-state index contributed by atoms with van der Waals surface area (Å²) in [5.74, 6) is -0.312. The zero-order valence-corrected chi connectivity index (χ0v) is 11.9. The number of aliphatic hydroxyl groups excluding tert-OH is 1. The molecule has 0 saturated heterocycles. The lowest BCUT2D eigenvalue weighted by molar-refractivity contribution is -0.397. The van der Waals surface area contributed by atoms with Gasteiger partial charge >= 0.3 is 5.69 Å². The molecule has 0 aliphatic carbocycles. The fourth-order valence-corrected chi connectivity index (χ4v) is 1.92. The molecular formula is C12H16N2O7. The van der Waals surface area contributed by atoms with Crippen molar-refractivity contribution in [3.8, 4) is 11.5 Å². The van der Waals surface area contributed by atoms with Gasteiger partial charge < -0.3 is 14.6 Å². The van der Waals surface area contributed by atoms with Crippen molar-refractivity contribution in [1.82, 2.24) is 0 Å². The molecule has 0 heterocycles. The Kier molecular flexibility index (Phi) is 5.42. The minimum Gasteiger partial charge on any atom is -0.489 e. The predicted octanol–water partition coefficient (Wildman–Crippen LogP) is 2.35. The van der Waals surface area contributed by atoms with Gasteiger partial charge in [-0.1, -0.05) is 0 Å². The van der Waals surface area contributed by atoms with Gasteiger partial charge in [0.1, 0.15) is 5.56 Å². The van der Waals surface area contributed by atoms with Crippen molar-refractivity contribution in [2.24, 2.45) is 0 Å². The number of rotatable bonds is 7. The van der Waals surface area contributed by atoms with E-state index in [1.807, 2.05) is 0 Å². The molecule has 9 heteroatoms. The Bertz CT molecular complexity index is 557. The Labute approximate surface area is 120 Å². The predicted molar refractivity (Wildman–Crippen MR) is 72.7 cm³/mol. The van der Waals surface area contributed by atoms with Crippen LogP contribution in [0.5, 0.6) is 11.5 Å². The maximum absolute atomic E-state index is 11.3. The van der Waals surface area contributed by atoms with Crippen LogP contribution in [-0.4, -0.2) is 28.2 Å².